The van der Waals surface area contributed by atoms with Crippen molar-refractivity contribution >= 4 is 12.1 Å². The highest BCUT2D eigenvalue weighted by molar-refractivity contribution is 5.82. The Morgan fingerprint density at radius 3 is 2.37 bits per heavy atom. The van der Waals surface area contributed by atoms with Gasteiger partial charge >= 0.3 is 12.1 Å². The topological polar surface area (TPSA) is 65.1 Å². The molecule has 0 N–H and O–H groups in total. The van der Waals surface area contributed by atoms with E-state index in [0.717, 1.165) is 0 Å². The molecule has 0 aliphatic carbocycles. The smallest absolute Gasteiger partial charge is 0.413 e. The second kappa shape index (κ2) is 6.23. The van der Waals surface area contributed by atoms with Crippen molar-refractivity contribution in [1.82, 2.24) is 4.90 Å². The Balaban J connectivity index is 2.82. The first-order valence-corrected chi connectivity index (χ1v) is 6.51. The van der Waals surface area contributed by atoms with E-state index in [2.05, 4.69) is 0 Å². The standard InChI is InChI=1S/C13H23NO5/c1-6-18-11(15)9-7-8-10(17-5)14(9)12(16)19-13(2,3)4/h9-10H,6-8H2,1-5H3/t9-,10?/m1/s1. The lowest BCUT2D eigenvalue weighted by molar-refractivity contribution is -0.150. The summed E-state index contributed by atoms with van der Waals surface area (Å²) in [5.41, 5.74) is -0.614. The zero-order valence-corrected chi connectivity index (χ0v) is 12.3. The fourth-order valence-corrected chi connectivity index (χ4v) is 2.04. The Labute approximate surface area is 114 Å². The highest BCUT2D eigenvalue weighted by atomic mass is 16.6. The third-order valence-corrected chi connectivity index (χ3v) is 2.77. The van der Waals surface area contributed by atoms with Gasteiger partial charge < -0.3 is 14.2 Å². The number of likely N-dealkylation sites (tertiary alicyclic amines) is 1. The maximum Gasteiger partial charge on any atom is 0.413 e. The molecular formula is C13H23NO5. The molecule has 1 saturated heterocycles. The summed E-state index contributed by atoms with van der Waals surface area (Å²) < 4.78 is 15.5. The number of rotatable bonds is 3. The summed E-state index contributed by atoms with van der Waals surface area (Å²) in [7, 11) is 1.51. The summed E-state index contributed by atoms with van der Waals surface area (Å²) in [5.74, 6) is -0.409. The van der Waals surface area contributed by atoms with E-state index < -0.39 is 29.9 Å². The lowest BCUT2D eigenvalue weighted by atomic mass is 10.2. The lowest BCUT2D eigenvalue weighted by Gasteiger charge is -2.30. The number of nitrogens with zero attached hydrogens (tertiary/aromatic N) is 1. The van der Waals surface area contributed by atoms with E-state index in [4.69, 9.17) is 14.2 Å². The Bertz CT molecular complexity index is 336. The van der Waals surface area contributed by atoms with Crippen LogP contribution in [0.5, 0.6) is 0 Å². The van der Waals surface area contributed by atoms with Crippen LogP contribution in [0.2, 0.25) is 0 Å². The molecule has 0 aromatic rings. The van der Waals surface area contributed by atoms with Crippen LogP contribution < -0.4 is 0 Å². The van der Waals surface area contributed by atoms with Gasteiger partial charge in [0, 0.05) is 7.11 Å². The zero-order valence-electron chi connectivity index (χ0n) is 12.3. The fraction of sp³-hybridized carbons (Fsp3) is 0.846. The van der Waals surface area contributed by atoms with Crippen LogP contribution in [-0.2, 0) is 19.0 Å². The summed E-state index contributed by atoms with van der Waals surface area (Å²) in [6, 6.07) is -0.625. The van der Waals surface area contributed by atoms with Crippen molar-refractivity contribution < 1.29 is 23.8 Å². The van der Waals surface area contributed by atoms with Crippen LogP contribution >= 0.6 is 0 Å². The third-order valence-electron chi connectivity index (χ3n) is 2.77. The quantitative estimate of drug-likeness (QED) is 0.735. The van der Waals surface area contributed by atoms with Crippen LogP contribution in [0.25, 0.3) is 0 Å². The van der Waals surface area contributed by atoms with Gasteiger partial charge in [-0.3, -0.25) is 4.90 Å². The minimum absolute atomic E-state index is 0.287. The molecule has 6 nitrogen and oxygen atoms in total. The normalized spacial score (nSPS) is 23.3. The van der Waals surface area contributed by atoms with Crippen LogP contribution in [0, 0.1) is 0 Å². The molecule has 0 aromatic carbocycles. The number of methoxy groups -OCH3 is 1. The number of esters is 1. The molecule has 0 bridgehead atoms. The predicted molar refractivity (Wildman–Crippen MR) is 68.5 cm³/mol. The Hall–Kier alpha value is -1.30. The summed E-state index contributed by atoms with van der Waals surface area (Å²) in [6.45, 7) is 7.36. The number of hydrogen-bond acceptors (Lipinski definition) is 5. The van der Waals surface area contributed by atoms with Crippen molar-refractivity contribution in [2.75, 3.05) is 13.7 Å². The average Bonchev–Trinajstić information content (AvgIpc) is 2.70. The molecule has 1 aliphatic rings. The molecule has 1 heterocycles. The zero-order chi connectivity index (χ0) is 14.6. The van der Waals surface area contributed by atoms with Crippen molar-refractivity contribution in [3.8, 4) is 0 Å². The van der Waals surface area contributed by atoms with E-state index >= 15 is 0 Å². The van der Waals surface area contributed by atoms with Gasteiger partial charge in [0.25, 0.3) is 0 Å². The SMILES string of the molecule is CCOC(=O)[C@H]1CCC(OC)N1C(=O)OC(C)(C)C. The van der Waals surface area contributed by atoms with E-state index in [0.29, 0.717) is 12.8 Å². The van der Waals surface area contributed by atoms with Gasteiger partial charge in [-0.15, -0.1) is 0 Å². The van der Waals surface area contributed by atoms with E-state index in [-0.39, 0.29) is 6.61 Å². The monoisotopic (exact) mass is 273 g/mol. The van der Waals surface area contributed by atoms with Crippen molar-refractivity contribution in [2.45, 2.75) is 58.4 Å². The third kappa shape index (κ3) is 4.09. The van der Waals surface area contributed by atoms with Gasteiger partial charge in [-0.2, -0.15) is 0 Å². The maximum atomic E-state index is 12.2. The van der Waals surface area contributed by atoms with Crippen molar-refractivity contribution in [1.29, 1.82) is 0 Å². The Kier molecular flexibility index (Phi) is 5.17. The molecule has 0 aromatic heterocycles. The minimum Gasteiger partial charge on any atom is -0.464 e. The van der Waals surface area contributed by atoms with Crippen molar-refractivity contribution in [3.63, 3.8) is 0 Å². The van der Waals surface area contributed by atoms with Crippen molar-refractivity contribution in [2.24, 2.45) is 0 Å². The van der Waals surface area contributed by atoms with Gasteiger partial charge in [0.05, 0.1) is 6.61 Å². The van der Waals surface area contributed by atoms with Crippen LogP contribution in [0.15, 0.2) is 0 Å². The molecule has 19 heavy (non-hydrogen) atoms. The molecule has 0 saturated carbocycles. The molecule has 1 aliphatic heterocycles. The van der Waals surface area contributed by atoms with Gasteiger partial charge in [0.1, 0.15) is 17.9 Å². The van der Waals surface area contributed by atoms with E-state index in [9.17, 15) is 9.59 Å². The summed E-state index contributed by atoms with van der Waals surface area (Å²) in [4.78, 5) is 25.4. The van der Waals surface area contributed by atoms with Gasteiger partial charge in [-0.1, -0.05) is 0 Å². The average molecular weight is 273 g/mol. The van der Waals surface area contributed by atoms with E-state index in [1.54, 1.807) is 27.7 Å². The fourth-order valence-electron chi connectivity index (χ4n) is 2.04. The molecule has 0 radical (unpaired) electrons. The molecular weight excluding hydrogens is 250 g/mol. The maximum absolute atomic E-state index is 12.2. The van der Waals surface area contributed by atoms with E-state index in [1.165, 1.54) is 12.0 Å². The van der Waals surface area contributed by atoms with Crippen LogP contribution in [0.3, 0.4) is 0 Å². The number of carbonyl (C=O) groups excluding carboxylic acids is 2. The van der Waals surface area contributed by atoms with Crippen LogP contribution in [-0.4, -0.2) is 48.5 Å². The summed E-state index contributed by atoms with van der Waals surface area (Å²) >= 11 is 0. The first-order valence-electron chi connectivity index (χ1n) is 6.51. The second-order valence-corrected chi connectivity index (χ2v) is 5.42. The molecule has 1 fully saturated rings. The summed E-state index contributed by atoms with van der Waals surface area (Å²) in [6.07, 6.45) is 0.134. The van der Waals surface area contributed by atoms with Crippen LogP contribution in [0.1, 0.15) is 40.5 Å². The number of ether oxygens (including phenoxy) is 3. The highest BCUT2D eigenvalue weighted by Gasteiger charge is 2.43. The first-order chi connectivity index (χ1) is 8.80. The molecule has 1 rings (SSSR count). The second-order valence-electron chi connectivity index (χ2n) is 5.42. The largest absolute Gasteiger partial charge is 0.464 e. The number of hydrogen-bond donors (Lipinski definition) is 0. The number of carbonyl (C=O) groups is 2. The first kappa shape index (κ1) is 15.8. The minimum atomic E-state index is -0.625. The van der Waals surface area contributed by atoms with Gasteiger partial charge in [-0.05, 0) is 40.5 Å². The molecule has 1 unspecified atom stereocenters. The Morgan fingerprint density at radius 2 is 1.89 bits per heavy atom. The van der Waals surface area contributed by atoms with Gasteiger partial charge in [0.15, 0.2) is 0 Å². The Morgan fingerprint density at radius 1 is 1.26 bits per heavy atom. The lowest BCUT2D eigenvalue weighted by Crippen LogP contribution is -2.48. The van der Waals surface area contributed by atoms with Crippen LogP contribution in [0.4, 0.5) is 4.79 Å². The molecule has 1 amide bonds. The molecule has 6 heteroatoms. The number of amides is 1. The highest BCUT2D eigenvalue weighted by Crippen LogP contribution is 2.27. The van der Waals surface area contributed by atoms with E-state index in [1.807, 2.05) is 0 Å². The molecule has 0 spiro atoms. The van der Waals surface area contributed by atoms with Gasteiger partial charge in [0.2, 0.25) is 0 Å². The summed E-state index contributed by atoms with van der Waals surface area (Å²) in [5, 5.41) is 0. The molecule has 2 atom stereocenters. The predicted octanol–water partition coefficient (Wildman–Crippen LogP) is 1.92. The molecule has 110 valence electrons. The van der Waals surface area contributed by atoms with Crippen molar-refractivity contribution in [3.05, 3.63) is 0 Å². The van der Waals surface area contributed by atoms with Gasteiger partial charge in [-0.25, -0.2) is 9.59 Å².